The van der Waals surface area contributed by atoms with Crippen LogP contribution in [0.4, 0.5) is 5.95 Å². The van der Waals surface area contributed by atoms with Crippen LogP contribution >= 0.6 is 0 Å². The molecule has 126 valence electrons. The van der Waals surface area contributed by atoms with Crippen molar-refractivity contribution in [2.75, 3.05) is 19.3 Å². The van der Waals surface area contributed by atoms with Gasteiger partial charge in [-0.25, -0.2) is 15.0 Å². The summed E-state index contributed by atoms with van der Waals surface area (Å²) in [5.74, 6) is 1.25. The maximum absolute atomic E-state index is 12.6. The largest absolute Gasteiger partial charge is 0.369 e. The average molecular weight is 327 g/mol. The van der Waals surface area contributed by atoms with Gasteiger partial charge in [0, 0.05) is 45.3 Å². The molecule has 2 N–H and O–H groups in total. The van der Waals surface area contributed by atoms with E-state index in [1.165, 1.54) is 0 Å². The Balaban J connectivity index is 1.76. The Morgan fingerprint density at radius 1 is 1.38 bits per heavy atom. The Morgan fingerprint density at radius 3 is 2.83 bits per heavy atom. The van der Waals surface area contributed by atoms with Crippen LogP contribution in [-0.2, 0) is 13.1 Å². The molecule has 0 spiro atoms. The van der Waals surface area contributed by atoms with Gasteiger partial charge in [0.25, 0.3) is 5.91 Å². The molecule has 0 aromatic carbocycles. The fraction of sp³-hybridized carbons (Fsp3) is 0.375. The van der Waals surface area contributed by atoms with Gasteiger partial charge in [-0.3, -0.25) is 9.36 Å². The number of nitrogen functional groups attached to an aromatic ring is 1. The Kier molecular flexibility index (Phi) is 4.20. The lowest BCUT2D eigenvalue weighted by Gasteiger charge is -2.17. The number of aryl methyl sites for hydroxylation is 2. The number of carbonyl (C=O) groups excluding carboxylic acids is 1. The molecule has 0 aliphatic heterocycles. The second kappa shape index (κ2) is 6.31. The minimum Gasteiger partial charge on any atom is -0.369 e. The van der Waals surface area contributed by atoms with Crippen molar-refractivity contribution in [1.29, 1.82) is 0 Å². The summed E-state index contributed by atoms with van der Waals surface area (Å²) in [6, 6.07) is 1.74. The number of pyridine rings is 1. The SMILES string of the molecule is CCn1c(N)nc2cc(C(=O)N(C)CCn3ccnc3C)cnc21. The first-order valence-corrected chi connectivity index (χ1v) is 7.86. The smallest absolute Gasteiger partial charge is 0.255 e. The van der Waals surface area contributed by atoms with Gasteiger partial charge in [0.15, 0.2) is 5.65 Å². The Hall–Kier alpha value is -2.90. The topological polar surface area (TPSA) is 94.9 Å². The monoisotopic (exact) mass is 327 g/mol. The normalized spacial score (nSPS) is 11.1. The zero-order valence-electron chi connectivity index (χ0n) is 14.1. The number of anilines is 1. The van der Waals surface area contributed by atoms with Crippen molar-refractivity contribution in [2.45, 2.75) is 26.9 Å². The standard InChI is InChI=1S/C16H21N7O/c1-4-23-14-13(20-16(23)17)9-12(10-19-14)15(24)21(3)7-8-22-6-5-18-11(22)2/h5-6,9-10H,4,7-8H2,1-3H3,(H2,17,20). The number of nitrogens with two attached hydrogens (primary N) is 1. The van der Waals surface area contributed by atoms with E-state index in [1.54, 1.807) is 30.4 Å². The summed E-state index contributed by atoms with van der Waals surface area (Å²) in [5, 5.41) is 0. The van der Waals surface area contributed by atoms with Crippen LogP contribution in [0, 0.1) is 6.92 Å². The first-order chi connectivity index (χ1) is 11.5. The summed E-state index contributed by atoms with van der Waals surface area (Å²) < 4.78 is 3.82. The molecule has 3 aromatic heterocycles. The van der Waals surface area contributed by atoms with Crippen LogP contribution in [0.15, 0.2) is 24.7 Å². The molecule has 0 aliphatic carbocycles. The van der Waals surface area contributed by atoms with E-state index in [4.69, 9.17) is 5.73 Å². The first kappa shape index (κ1) is 16.0. The Labute approximate surface area is 139 Å². The number of carbonyl (C=O) groups is 1. The molecule has 8 nitrogen and oxygen atoms in total. The zero-order valence-corrected chi connectivity index (χ0v) is 14.1. The molecule has 0 saturated heterocycles. The highest BCUT2D eigenvalue weighted by atomic mass is 16.2. The van der Waals surface area contributed by atoms with Crippen LogP contribution in [0.2, 0.25) is 0 Å². The van der Waals surface area contributed by atoms with Crippen molar-refractivity contribution in [2.24, 2.45) is 0 Å². The van der Waals surface area contributed by atoms with Gasteiger partial charge in [0.05, 0.1) is 5.56 Å². The molecule has 0 saturated carbocycles. The molecule has 0 radical (unpaired) electrons. The molecule has 0 bridgehead atoms. The van der Waals surface area contributed by atoms with E-state index in [9.17, 15) is 4.79 Å². The van der Waals surface area contributed by atoms with Gasteiger partial charge in [0.1, 0.15) is 11.3 Å². The summed E-state index contributed by atoms with van der Waals surface area (Å²) in [7, 11) is 1.78. The molecule has 8 heteroatoms. The van der Waals surface area contributed by atoms with Crippen LogP contribution in [-0.4, -0.2) is 48.5 Å². The summed E-state index contributed by atoms with van der Waals surface area (Å²) in [6.45, 7) is 5.88. The molecule has 0 aliphatic rings. The number of nitrogens with zero attached hydrogens (tertiary/aromatic N) is 6. The van der Waals surface area contributed by atoms with Crippen molar-refractivity contribution in [1.82, 2.24) is 29.0 Å². The highest BCUT2D eigenvalue weighted by Crippen LogP contribution is 2.17. The second-order valence-electron chi connectivity index (χ2n) is 5.68. The molecular weight excluding hydrogens is 306 g/mol. The first-order valence-electron chi connectivity index (χ1n) is 7.86. The minimum absolute atomic E-state index is 0.0909. The number of amides is 1. The van der Waals surface area contributed by atoms with Crippen LogP contribution in [0.25, 0.3) is 11.2 Å². The van der Waals surface area contributed by atoms with Crippen molar-refractivity contribution < 1.29 is 4.79 Å². The van der Waals surface area contributed by atoms with Gasteiger partial charge in [-0.2, -0.15) is 0 Å². The van der Waals surface area contributed by atoms with Crippen LogP contribution in [0.5, 0.6) is 0 Å². The van der Waals surface area contributed by atoms with Gasteiger partial charge >= 0.3 is 0 Å². The summed E-state index contributed by atoms with van der Waals surface area (Å²) in [5.41, 5.74) is 7.72. The highest BCUT2D eigenvalue weighted by molar-refractivity contribution is 5.96. The van der Waals surface area contributed by atoms with Gasteiger partial charge < -0.3 is 15.2 Å². The zero-order chi connectivity index (χ0) is 17.3. The van der Waals surface area contributed by atoms with Crippen LogP contribution in [0.3, 0.4) is 0 Å². The van der Waals surface area contributed by atoms with E-state index in [0.29, 0.717) is 42.3 Å². The third-order valence-electron chi connectivity index (χ3n) is 4.12. The van der Waals surface area contributed by atoms with Crippen molar-refractivity contribution in [3.63, 3.8) is 0 Å². The fourth-order valence-electron chi connectivity index (χ4n) is 2.68. The average Bonchev–Trinajstić information content (AvgIpc) is 3.12. The van der Waals surface area contributed by atoms with E-state index in [-0.39, 0.29) is 5.91 Å². The van der Waals surface area contributed by atoms with Crippen LogP contribution < -0.4 is 5.73 Å². The van der Waals surface area contributed by atoms with Gasteiger partial charge in [-0.05, 0) is 19.9 Å². The van der Waals surface area contributed by atoms with E-state index in [1.807, 2.05) is 29.2 Å². The van der Waals surface area contributed by atoms with Crippen molar-refractivity contribution in [3.05, 3.63) is 36.0 Å². The molecule has 1 amide bonds. The predicted octanol–water partition coefficient (Wildman–Crippen LogP) is 1.31. The number of imidazole rings is 2. The number of fused-ring (bicyclic) bond motifs is 1. The molecule has 3 rings (SSSR count). The van der Waals surface area contributed by atoms with Gasteiger partial charge in [-0.1, -0.05) is 0 Å². The molecule has 24 heavy (non-hydrogen) atoms. The van der Waals surface area contributed by atoms with Crippen molar-refractivity contribution in [3.8, 4) is 0 Å². The third-order valence-corrected chi connectivity index (χ3v) is 4.12. The Bertz CT molecular complexity index is 880. The number of rotatable bonds is 5. The lowest BCUT2D eigenvalue weighted by atomic mass is 10.2. The van der Waals surface area contributed by atoms with Crippen LogP contribution in [0.1, 0.15) is 23.1 Å². The lowest BCUT2D eigenvalue weighted by Crippen LogP contribution is -2.30. The van der Waals surface area contributed by atoms with Crippen molar-refractivity contribution >= 4 is 23.0 Å². The maximum Gasteiger partial charge on any atom is 0.255 e. The molecule has 3 heterocycles. The van der Waals surface area contributed by atoms with Gasteiger partial charge in [-0.15, -0.1) is 0 Å². The second-order valence-corrected chi connectivity index (χ2v) is 5.68. The van der Waals surface area contributed by atoms with Gasteiger partial charge in [0.2, 0.25) is 5.95 Å². The fourth-order valence-corrected chi connectivity index (χ4v) is 2.68. The third kappa shape index (κ3) is 2.82. The lowest BCUT2D eigenvalue weighted by molar-refractivity contribution is 0.0790. The van der Waals surface area contributed by atoms with E-state index in [0.717, 1.165) is 5.82 Å². The summed E-state index contributed by atoms with van der Waals surface area (Å²) in [4.78, 5) is 27.1. The molecule has 0 fully saturated rings. The molecule has 0 unspecified atom stereocenters. The minimum atomic E-state index is -0.0909. The maximum atomic E-state index is 12.6. The predicted molar refractivity (Wildman–Crippen MR) is 91.5 cm³/mol. The quantitative estimate of drug-likeness (QED) is 0.762. The summed E-state index contributed by atoms with van der Waals surface area (Å²) >= 11 is 0. The number of likely N-dealkylation sites (N-methyl/N-ethyl adjacent to an activating group) is 1. The number of hydrogen-bond donors (Lipinski definition) is 1. The van der Waals surface area contributed by atoms with E-state index < -0.39 is 0 Å². The number of hydrogen-bond acceptors (Lipinski definition) is 5. The van der Waals surface area contributed by atoms with E-state index >= 15 is 0 Å². The van der Waals surface area contributed by atoms with E-state index in [2.05, 4.69) is 15.0 Å². The molecule has 0 atom stereocenters. The summed E-state index contributed by atoms with van der Waals surface area (Å²) in [6.07, 6.45) is 5.24. The molecule has 3 aromatic rings. The molecular formula is C16H21N7O. The highest BCUT2D eigenvalue weighted by Gasteiger charge is 2.15. The Morgan fingerprint density at radius 2 is 2.17 bits per heavy atom. The number of aromatic nitrogens is 5.